The number of rotatable bonds is 4. The molecular formula is C17H19FN4O3. The van der Waals surface area contributed by atoms with Gasteiger partial charge in [-0.25, -0.2) is 14.2 Å². The Balaban J connectivity index is 1.49. The number of methoxy groups -OCH3 is 1. The summed E-state index contributed by atoms with van der Waals surface area (Å²) >= 11 is 0. The minimum Gasteiger partial charge on any atom is -0.474 e. The average molecular weight is 346 g/mol. The summed E-state index contributed by atoms with van der Waals surface area (Å²) in [5, 5.41) is 2.76. The SMILES string of the molecule is COc1nccc(OC2CCN(C(=O)Nc3ccc(F)cc3)CC2)n1. The van der Waals surface area contributed by atoms with Gasteiger partial charge in [-0.1, -0.05) is 0 Å². The highest BCUT2D eigenvalue weighted by Crippen LogP contribution is 2.19. The highest BCUT2D eigenvalue weighted by atomic mass is 19.1. The second-order valence-corrected chi connectivity index (χ2v) is 5.62. The van der Waals surface area contributed by atoms with Gasteiger partial charge in [0.15, 0.2) is 0 Å². The molecule has 2 aromatic rings. The molecule has 0 aliphatic carbocycles. The zero-order chi connectivity index (χ0) is 17.6. The molecule has 1 aromatic carbocycles. The normalized spacial score (nSPS) is 14.9. The summed E-state index contributed by atoms with van der Waals surface area (Å²) < 4.78 is 23.7. The molecule has 1 aromatic heterocycles. The first-order valence-electron chi connectivity index (χ1n) is 7.99. The molecule has 1 N–H and O–H groups in total. The zero-order valence-corrected chi connectivity index (χ0v) is 13.8. The van der Waals surface area contributed by atoms with Gasteiger partial charge in [0.1, 0.15) is 11.9 Å². The lowest BCUT2D eigenvalue weighted by molar-refractivity contribution is 0.110. The van der Waals surface area contributed by atoms with Crippen LogP contribution in [-0.4, -0.2) is 47.2 Å². The summed E-state index contributed by atoms with van der Waals surface area (Å²) in [6.45, 7) is 1.14. The van der Waals surface area contributed by atoms with Gasteiger partial charge in [-0.05, 0) is 24.3 Å². The number of halogens is 1. The van der Waals surface area contributed by atoms with Crippen LogP contribution in [0.3, 0.4) is 0 Å². The lowest BCUT2D eigenvalue weighted by Crippen LogP contribution is -2.43. The molecular weight excluding hydrogens is 327 g/mol. The number of likely N-dealkylation sites (tertiary alicyclic amines) is 1. The van der Waals surface area contributed by atoms with Crippen LogP contribution in [0.4, 0.5) is 14.9 Å². The van der Waals surface area contributed by atoms with Crippen LogP contribution in [0.25, 0.3) is 0 Å². The van der Waals surface area contributed by atoms with Gasteiger partial charge in [-0.2, -0.15) is 4.98 Å². The number of ether oxygens (including phenoxy) is 2. The van der Waals surface area contributed by atoms with E-state index in [0.29, 0.717) is 37.5 Å². The van der Waals surface area contributed by atoms with E-state index in [0.717, 1.165) is 0 Å². The third kappa shape index (κ3) is 4.56. The third-order valence-corrected chi connectivity index (χ3v) is 3.90. The average Bonchev–Trinajstić information content (AvgIpc) is 2.64. The van der Waals surface area contributed by atoms with Crippen molar-refractivity contribution in [2.24, 2.45) is 0 Å². The topological polar surface area (TPSA) is 76.6 Å². The molecule has 25 heavy (non-hydrogen) atoms. The Morgan fingerprint density at radius 1 is 1.24 bits per heavy atom. The maximum absolute atomic E-state index is 12.9. The fraction of sp³-hybridized carbons (Fsp3) is 0.353. The Morgan fingerprint density at radius 2 is 1.96 bits per heavy atom. The summed E-state index contributed by atoms with van der Waals surface area (Å²) in [5.74, 6) is 0.123. The monoisotopic (exact) mass is 346 g/mol. The standard InChI is InChI=1S/C17H19FN4O3/c1-24-16-19-9-6-15(21-16)25-14-7-10-22(11-8-14)17(23)20-13-4-2-12(18)3-5-13/h2-6,9,14H,7-8,10-11H2,1H3,(H,20,23). The van der Waals surface area contributed by atoms with Gasteiger partial charge < -0.3 is 19.7 Å². The van der Waals surface area contributed by atoms with Crippen LogP contribution in [0.2, 0.25) is 0 Å². The number of nitrogens with zero attached hydrogens (tertiary/aromatic N) is 3. The number of urea groups is 1. The van der Waals surface area contributed by atoms with Gasteiger partial charge in [0.2, 0.25) is 5.88 Å². The van der Waals surface area contributed by atoms with Gasteiger partial charge in [0, 0.05) is 43.9 Å². The van der Waals surface area contributed by atoms with Crippen molar-refractivity contribution in [3.8, 4) is 11.9 Å². The van der Waals surface area contributed by atoms with E-state index in [1.165, 1.54) is 31.4 Å². The summed E-state index contributed by atoms with van der Waals surface area (Å²) in [6.07, 6.45) is 2.95. The number of carbonyl (C=O) groups excluding carboxylic acids is 1. The van der Waals surface area contributed by atoms with E-state index in [4.69, 9.17) is 9.47 Å². The maximum Gasteiger partial charge on any atom is 0.321 e. The number of nitrogens with one attached hydrogen (secondary N) is 1. The Bertz CT molecular complexity index is 718. The van der Waals surface area contributed by atoms with Gasteiger partial charge in [0.25, 0.3) is 0 Å². The fourth-order valence-electron chi connectivity index (χ4n) is 2.57. The molecule has 1 aliphatic heterocycles. The summed E-state index contributed by atoms with van der Waals surface area (Å²) in [5.41, 5.74) is 0.567. The molecule has 0 unspecified atom stereocenters. The summed E-state index contributed by atoms with van der Waals surface area (Å²) in [6, 6.07) is 7.42. The molecule has 0 spiro atoms. The van der Waals surface area contributed by atoms with Gasteiger partial charge in [-0.3, -0.25) is 0 Å². The van der Waals surface area contributed by atoms with Crippen LogP contribution >= 0.6 is 0 Å². The van der Waals surface area contributed by atoms with Crippen molar-refractivity contribution in [3.63, 3.8) is 0 Å². The molecule has 1 saturated heterocycles. The van der Waals surface area contributed by atoms with Crippen LogP contribution < -0.4 is 14.8 Å². The molecule has 1 fully saturated rings. The minimum absolute atomic E-state index is 0.0190. The van der Waals surface area contributed by atoms with Crippen LogP contribution in [-0.2, 0) is 0 Å². The smallest absolute Gasteiger partial charge is 0.321 e. The minimum atomic E-state index is -0.336. The van der Waals surface area contributed by atoms with Crippen LogP contribution in [0.1, 0.15) is 12.8 Å². The number of carbonyl (C=O) groups is 1. The Kier molecular flexibility index (Phi) is 5.27. The Hall–Kier alpha value is -2.90. The second kappa shape index (κ2) is 7.78. The molecule has 2 heterocycles. The number of aromatic nitrogens is 2. The van der Waals surface area contributed by atoms with Gasteiger partial charge in [-0.15, -0.1) is 0 Å². The largest absolute Gasteiger partial charge is 0.474 e. The number of hydrogen-bond donors (Lipinski definition) is 1. The van der Waals surface area contributed by atoms with E-state index in [9.17, 15) is 9.18 Å². The fourth-order valence-corrected chi connectivity index (χ4v) is 2.57. The Morgan fingerprint density at radius 3 is 2.64 bits per heavy atom. The molecule has 0 atom stereocenters. The molecule has 7 nitrogen and oxygen atoms in total. The molecule has 2 amide bonds. The first-order chi connectivity index (χ1) is 12.1. The first-order valence-corrected chi connectivity index (χ1v) is 7.99. The van der Waals surface area contributed by atoms with Crippen molar-refractivity contribution in [2.45, 2.75) is 18.9 Å². The summed E-state index contributed by atoms with van der Waals surface area (Å²) in [4.78, 5) is 22.0. The van der Waals surface area contributed by atoms with E-state index in [1.54, 1.807) is 17.2 Å². The van der Waals surface area contributed by atoms with Crippen LogP contribution in [0, 0.1) is 5.82 Å². The van der Waals surface area contributed by atoms with Gasteiger partial charge in [0.05, 0.1) is 7.11 Å². The summed E-state index contributed by atoms with van der Waals surface area (Å²) in [7, 11) is 1.50. The van der Waals surface area contributed by atoms with Crippen LogP contribution in [0.5, 0.6) is 11.9 Å². The molecule has 1 aliphatic rings. The second-order valence-electron chi connectivity index (χ2n) is 5.62. The van der Waals surface area contributed by atoms with Crippen molar-refractivity contribution < 1.29 is 18.7 Å². The predicted molar refractivity (Wildman–Crippen MR) is 89.2 cm³/mol. The number of anilines is 1. The van der Waals surface area contributed by atoms with Crippen molar-refractivity contribution in [2.75, 3.05) is 25.5 Å². The molecule has 3 rings (SSSR count). The van der Waals surface area contributed by atoms with E-state index in [-0.39, 0.29) is 24.0 Å². The number of benzene rings is 1. The van der Waals surface area contributed by atoms with E-state index >= 15 is 0 Å². The third-order valence-electron chi connectivity index (χ3n) is 3.90. The quantitative estimate of drug-likeness (QED) is 0.921. The molecule has 0 bridgehead atoms. The highest BCUT2D eigenvalue weighted by molar-refractivity contribution is 5.89. The lowest BCUT2D eigenvalue weighted by Gasteiger charge is -2.31. The Labute approximate surface area is 144 Å². The maximum atomic E-state index is 12.9. The zero-order valence-electron chi connectivity index (χ0n) is 13.8. The number of piperidine rings is 1. The first kappa shape index (κ1) is 16.9. The van der Waals surface area contributed by atoms with Crippen molar-refractivity contribution in [3.05, 3.63) is 42.3 Å². The van der Waals surface area contributed by atoms with Crippen molar-refractivity contribution >= 4 is 11.7 Å². The van der Waals surface area contributed by atoms with E-state index < -0.39 is 0 Å². The van der Waals surface area contributed by atoms with Crippen molar-refractivity contribution in [1.29, 1.82) is 0 Å². The van der Waals surface area contributed by atoms with E-state index in [1.807, 2.05) is 0 Å². The lowest BCUT2D eigenvalue weighted by atomic mass is 10.1. The molecule has 132 valence electrons. The van der Waals surface area contributed by atoms with Crippen LogP contribution in [0.15, 0.2) is 36.5 Å². The number of amides is 2. The van der Waals surface area contributed by atoms with Gasteiger partial charge >= 0.3 is 12.0 Å². The molecule has 0 saturated carbocycles. The molecule has 0 radical (unpaired) electrons. The highest BCUT2D eigenvalue weighted by Gasteiger charge is 2.24. The molecule has 8 heteroatoms. The predicted octanol–water partition coefficient (Wildman–Crippen LogP) is 2.70. The number of hydrogen-bond acceptors (Lipinski definition) is 5. The van der Waals surface area contributed by atoms with Crippen molar-refractivity contribution in [1.82, 2.24) is 14.9 Å². The van der Waals surface area contributed by atoms with E-state index in [2.05, 4.69) is 15.3 Å².